The molecule has 0 amide bonds. The number of alkyl halides is 4. The van der Waals surface area contributed by atoms with E-state index in [-0.39, 0.29) is 61.1 Å². The van der Waals surface area contributed by atoms with Gasteiger partial charge in [0, 0.05) is 49.7 Å². The van der Waals surface area contributed by atoms with Crippen molar-refractivity contribution in [1.29, 1.82) is 0 Å². The molecule has 0 heterocycles. The average Bonchev–Trinajstić information content (AvgIpc) is 2.64. The third-order valence-corrected chi connectivity index (χ3v) is 6.61. The first-order chi connectivity index (χ1) is 13.1. The molecule has 0 spiro atoms. The minimum absolute atomic E-state index is 0.0576. The van der Waals surface area contributed by atoms with E-state index in [2.05, 4.69) is 10.2 Å². The molecule has 0 aromatic heterocycles. The summed E-state index contributed by atoms with van der Waals surface area (Å²) in [4.78, 5) is 4.07. The monoisotopic (exact) mass is 520 g/mol. The molecule has 0 aliphatic rings. The predicted octanol–water partition coefficient (Wildman–Crippen LogP) is 0.966. The zero-order chi connectivity index (χ0) is 21.8. The van der Waals surface area contributed by atoms with Gasteiger partial charge in [0.1, 0.15) is 0 Å². The van der Waals surface area contributed by atoms with Gasteiger partial charge in [-0.3, -0.25) is 0 Å². The lowest BCUT2D eigenvalue weighted by molar-refractivity contribution is 0.438. The molecule has 0 rings (SSSR count). The summed E-state index contributed by atoms with van der Waals surface area (Å²) in [7, 11) is -7.90. The number of nitrogens with one attached hydrogen (secondary N) is 2. The molecular weight excluding hydrogens is 498 g/mol. The smallest absolute Gasteiger partial charge is 0.191 e. The first-order valence-corrected chi connectivity index (χ1v) is 12.9. The second-order valence-corrected chi connectivity index (χ2v) is 9.95. The summed E-state index contributed by atoms with van der Waals surface area (Å²) in [5, 5.41) is 7.46. The molecule has 0 aliphatic carbocycles. The largest absolute Gasteiger partial charge is 0.316 e. The number of rotatable bonds is 15. The molecule has 0 aromatic rings. The molecule has 28 heavy (non-hydrogen) atoms. The van der Waals surface area contributed by atoms with Crippen LogP contribution < -0.4 is 9.66 Å². The maximum Gasteiger partial charge on any atom is 0.316 e. The molecule has 10 nitrogen and oxygen atoms in total. The second-order valence-electron chi connectivity index (χ2n) is 5.14. The van der Waals surface area contributed by atoms with Gasteiger partial charge in [0.05, 0.1) is 11.4 Å². The lowest BCUT2D eigenvalue weighted by Crippen LogP contribution is -2.42. The van der Waals surface area contributed by atoms with Crippen LogP contribution in [0.4, 0.5) is 0 Å². The van der Waals surface area contributed by atoms with Crippen molar-refractivity contribution in [2.75, 3.05) is 49.7 Å². The van der Waals surface area contributed by atoms with Crippen LogP contribution in [0.25, 0.3) is 0 Å². The highest BCUT2D eigenvalue weighted by Gasteiger charge is 2.21. The van der Waals surface area contributed by atoms with E-state index >= 15 is 0 Å². The van der Waals surface area contributed by atoms with Crippen LogP contribution in [0.1, 0.15) is 13.8 Å². The average molecular weight is 522 g/mol. The van der Waals surface area contributed by atoms with E-state index in [0.29, 0.717) is 0 Å². The van der Waals surface area contributed by atoms with Crippen LogP contribution in [0.3, 0.4) is 0 Å². The molecule has 0 atom stereocenters. The van der Waals surface area contributed by atoms with Crippen molar-refractivity contribution in [1.82, 2.24) is 18.3 Å². The normalized spacial score (nSPS) is 14.0. The Morgan fingerprint density at radius 3 is 1.14 bits per heavy atom. The maximum absolute atomic E-state index is 12.2. The molecule has 0 saturated heterocycles. The molecule has 166 valence electrons. The van der Waals surface area contributed by atoms with Gasteiger partial charge in [-0.1, -0.05) is 0 Å². The number of hydrogen-bond acceptors (Lipinski definition) is 6. The summed E-state index contributed by atoms with van der Waals surface area (Å²) in [5.74, 6) is 0.349. The Morgan fingerprint density at radius 2 is 0.929 bits per heavy atom. The fraction of sp³-hybridized carbons (Fsp3) is 0.833. The van der Waals surface area contributed by atoms with E-state index in [0.717, 1.165) is 8.61 Å². The van der Waals surface area contributed by atoms with Crippen LogP contribution in [0, 0.1) is 0 Å². The number of halogens is 4. The van der Waals surface area contributed by atoms with E-state index in [4.69, 9.17) is 46.4 Å². The molecule has 0 bridgehead atoms. The Balaban J connectivity index is 5.19. The highest BCUT2D eigenvalue weighted by molar-refractivity contribution is 7.87. The van der Waals surface area contributed by atoms with E-state index in [1.807, 2.05) is 9.66 Å². The summed E-state index contributed by atoms with van der Waals surface area (Å²) in [6.07, 6.45) is 0. The summed E-state index contributed by atoms with van der Waals surface area (Å²) in [6.45, 7) is 3.14. The lowest BCUT2D eigenvalue weighted by Gasteiger charge is -2.19. The van der Waals surface area contributed by atoms with Gasteiger partial charge in [-0.2, -0.15) is 45.3 Å². The fourth-order valence-electron chi connectivity index (χ4n) is 1.61. The van der Waals surface area contributed by atoms with Gasteiger partial charge < -0.3 is 0 Å². The van der Waals surface area contributed by atoms with Crippen molar-refractivity contribution in [2.45, 2.75) is 13.8 Å². The third kappa shape index (κ3) is 10.1. The Kier molecular flexibility index (Phi) is 14.0. The minimum Gasteiger partial charge on any atom is -0.191 e. The van der Waals surface area contributed by atoms with Crippen LogP contribution in [-0.4, -0.2) is 86.6 Å². The lowest BCUT2D eigenvalue weighted by atomic mass is 10.3. The van der Waals surface area contributed by atoms with Gasteiger partial charge in [-0.25, -0.2) is 0 Å². The fourth-order valence-corrected chi connectivity index (χ4v) is 4.89. The zero-order valence-corrected chi connectivity index (χ0v) is 20.1. The molecule has 16 heteroatoms. The first kappa shape index (κ1) is 27.9. The highest BCUT2D eigenvalue weighted by atomic mass is 35.5. The number of hydrogen-bond donors (Lipinski definition) is 2. The van der Waals surface area contributed by atoms with Gasteiger partial charge in [-0.15, -0.1) is 46.4 Å². The first-order valence-electron chi connectivity index (χ1n) is 7.92. The minimum atomic E-state index is -3.95. The van der Waals surface area contributed by atoms with Crippen molar-refractivity contribution in [3.8, 4) is 0 Å². The van der Waals surface area contributed by atoms with Crippen LogP contribution in [0.2, 0.25) is 0 Å². The summed E-state index contributed by atoms with van der Waals surface area (Å²) >= 11 is 22.4. The standard InChI is InChI=1S/C12H24Cl4N6O4S2/c1-11(17-19-27(23,24)21(7-3-13)8-4-14)12(2)18-20-28(25,26)22(9-5-15)10-6-16/h19-20H,3-10H2,1-2H3/b17-11+,18-12+. The SMILES string of the molecule is CC(=N\NS(=O)(=O)N(CCCl)CCCl)/C(C)=N/NS(=O)(=O)N(CCCl)CCCl. The van der Waals surface area contributed by atoms with Gasteiger partial charge in [-0.05, 0) is 13.8 Å². The highest BCUT2D eigenvalue weighted by Crippen LogP contribution is 2.02. The molecule has 0 unspecified atom stereocenters. The molecule has 0 fully saturated rings. The van der Waals surface area contributed by atoms with E-state index in [9.17, 15) is 16.8 Å². The molecule has 0 aromatic carbocycles. The molecule has 0 aliphatic heterocycles. The molecule has 2 N–H and O–H groups in total. The van der Waals surface area contributed by atoms with Gasteiger partial charge in [0.15, 0.2) is 0 Å². The Bertz CT molecular complexity index is 658. The van der Waals surface area contributed by atoms with Crippen molar-refractivity contribution >= 4 is 78.2 Å². The Hall–Kier alpha value is -0.0800. The van der Waals surface area contributed by atoms with Crippen LogP contribution in [-0.2, 0) is 20.4 Å². The van der Waals surface area contributed by atoms with Crippen molar-refractivity contribution in [3.63, 3.8) is 0 Å². The third-order valence-electron chi connectivity index (χ3n) is 3.20. The van der Waals surface area contributed by atoms with E-state index in [1.165, 1.54) is 13.8 Å². The van der Waals surface area contributed by atoms with Gasteiger partial charge in [0.2, 0.25) is 0 Å². The zero-order valence-electron chi connectivity index (χ0n) is 15.4. The summed E-state index contributed by atoms with van der Waals surface area (Å²) < 4.78 is 50.9. The second kappa shape index (κ2) is 14.0. The molecule has 0 saturated carbocycles. The van der Waals surface area contributed by atoms with Crippen molar-refractivity contribution in [2.24, 2.45) is 10.2 Å². The number of hydrazone groups is 2. The van der Waals surface area contributed by atoms with Crippen LogP contribution in [0.5, 0.6) is 0 Å². The summed E-state index contributed by atoms with van der Waals surface area (Å²) in [5.41, 5.74) is 0.286. The van der Waals surface area contributed by atoms with Crippen LogP contribution >= 0.6 is 46.4 Å². The quantitative estimate of drug-likeness (QED) is 0.189. The predicted molar refractivity (Wildman–Crippen MR) is 116 cm³/mol. The molecular formula is C12H24Cl4N6O4S2. The molecule has 0 radical (unpaired) electrons. The van der Waals surface area contributed by atoms with E-state index in [1.54, 1.807) is 0 Å². The van der Waals surface area contributed by atoms with Crippen molar-refractivity contribution in [3.05, 3.63) is 0 Å². The van der Waals surface area contributed by atoms with E-state index < -0.39 is 20.4 Å². The number of nitrogens with zero attached hydrogens (tertiary/aromatic N) is 4. The Labute approximate surface area is 186 Å². The summed E-state index contributed by atoms with van der Waals surface area (Å²) in [6, 6.07) is 0. The maximum atomic E-state index is 12.2. The Morgan fingerprint density at radius 1 is 0.679 bits per heavy atom. The van der Waals surface area contributed by atoms with Crippen molar-refractivity contribution < 1.29 is 16.8 Å². The van der Waals surface area contributed by atoms with Gasteiger partial charge >= 0.3 is 20.4 Å². The van der Waals surface area contributed by atoms with Gasteiger partial charge in [0.25, 0.3) is 0 Å². The topological polar surface area (TPSA) is 124 Å². The van der Waals surface area contributed by atoms with Crippen LogP contribution in [0.15, 0.2) is 10.2 Å².